The van der Waals surface area contributed by atoms with Gasteiger partial charge in [0.1, 0.15) is 23.1 Å². The molecule has 0 aliphatic carbocycles. The Hall–Kier alpha value is -4.00. The lowest BCUT2D eigenvalue weighted by atomic mass is 9.84. The van der Waals surface area contributed by atoms with E-state index in [1.807, 2.05) is 0 Å². The molecule has 2 heterocycles. The quantitative estimate of drug-likeness (QED) is 0.345. The number of aliphatic hydroxyl groups is 1. The summed E-state index contributed by atoms with van der Waals surface area (Å²) < 4.78 is 101. The molecule has 0 aliphatic rings. The Morgan fingerprint density at radius 1 is 0.889 bits per heavy atom. The van der Waals surface area contributed by atoms with Gasteiger partial charge < -0.3 is 9.84 Å². The molecule has 188 valence electrons. The Bertz CT molecular complexity index is 1330. The number of rotatable bonds is 7. The van der Waals surface area contributed by atoms with Gasteiger partial charge in [0.15, 0.2) is 5.60 Å². The van der Waals surface area contributed by atoms with E-state index < -0.39 is 53.1 Å². The molecule has 1 atom stereocenters. The maximum Gasteiger partial charge on any atom is 0.573 e. The Labute approximate surface area is 198 Å². The highest BCUT2D eigenvalue weighted by atomic mass is 19.4. The van der Waals surface area contributed by atoms with Crippen LogP contribution >= 0.6 is 0 Å². The predicted octanol–water partition coefficient (Wildman–Crippen LogP) is 5.20. The van der Waals surface area contributed by atoms with Crippen molar-refractivity contribution in [2.45, 2.75) is 24.4 Å². The fourth-order valence-corrected chi connectivity index (χ4v) is 3.54. The van der Waals surface area contributed by atoms with Crippen molar-refractivity contribution in [3.05, 3.63) is 96.1 Å². The number of benzene rings is 2. The minimum atomic E-state index is -4.87. The minimum Gasteiger partial charge on any atom is -0.406 e. The largest absolute Gasteiger partial charge is 0.573 e. The standard InChI is InChI=1S/C23H15F7N4O2/c24-16-4-7-18(19(25)11-16)21(35,13-34-10-9-32-33-34)22(26,27)20-8-3-15(12-31-20)14-1-5-17(6-2-14)36-23(28,29)30/h1-12,35H,13H2. The molecule has 6 nitrogen and oxygen atoms in total. The maximum atomic E-state index is 15.7. The third kappa shape index (κ3) is 5.00. The van der Waals surface area contributed by atoms with Crippen molar-refractivity contribution in [2.24, 2.45) is 0 Å². The van der Waals surface area contributed by atoms with Crippen LogP contribution in [0.2, 0.25) is 0 Å². The molecule has 0 radical (unpaired) electrons. The molecule has 13 heteroatoms. The molecule has 2 aromatic heterocycles. The van der Waals surface area contributed by atoms with Crippen LogP contribution in [0.5, 0.6) is 5.75 Å². The highest BCUT2D eigenvalue weighted by Crippen LogP contribution is 2.47. The molecule has 0 amide bonds. The summed E-state index contributed by atoms with van der Waals surface area (Å²) in [7, 11) is 0. The van der Waals surface area contributed by atoms with Crippen LogP contribution < -0.4 is 4.74 Å². The van der Waals surface area contributed by atoms with E-state index in [0.29, 0.717) is 17.7 Å². The molecular formula is C23H15F7N4O2. The van der Waals surface area contributed by atoms with E-state index in [0.717, 1.165) is 41.3 Å². The van der Waals surface area contributed by atoms with Crippen molar-refractivity contribution in [1.29, 1.82) is 0 Å². The SMILES string of the molecule is OC(Cn1ccnn1)(c1ccc(F)cc1F)C(F)(F)c1ccc(-c2ccc(OC(F)(F)F)cc2)cn1. The molecule has 1 unspecified atom stereocenters. The number of hydrogen-bond donors (Lipinski definition) is 1. The first-order chi connectivity index (χ1) is 16.9. The van der Waals surface area contributed by atoms with E-state index in [2.05, 4.69) is 20.0 Å². The van der Waals surface area contributed by atoms with Crippen LogP contribution in [0.1, 0.15) is 11.3 Å². The fraction of sp³-hybridized carbons (Fsp3) is 0.174. The van der Waals surface area contributed by atoms with Crippen molar-refractivity contribution in [3.8, 4) is 16.9 Å². The third-order valence-electron chi connectivity index (χ3n) is 5.27. The number of ether oxygens (including phenoxy) is 1. The summed E-state index contributed by atoms with van der Waals surface area (Å²) in [5.41, 5.74) is -4.50. The van der Waals surface area contributed by atoms with Gasteiger partial charge in [-0.05, 0) is 35.9 Å². The zero-order chi connectivity index (χ0) is 26.1. The molecule has 0 spiro atoms. The van der Waals surface area contributed by atoms with Crippen LogP contribution in [0.4, 0.5) is 30.7 Å². The van der Waals surface area contributed by atoms with Crippen molar-refractivity contribution in [3.63, 3.8) is 0 Å². The fourth-order valence-electron chi connectivity index (χ4n) is 3.54. The average Bonchev–Trinajstić information content (AvgIpc) is 3.31. The van der Waals surface area contributed by atoms with Gasteiger partial charge in [-0.15, -0.1) is 18.3 Å². The lowest BCUT2D eigenvalue weighted by Gasteiger charge is -2.36. The molecule has 36 heavy (non-hydrogen) atoms. The number of nitrogens with zero attached hydrogens (tertiary/aromatic N) is 4. The first-order valence-electron chi connectivity index (χ1n) is 10.1. The summed E-state index contributed by atoms with van der Waals surface area (Å²) in [4.78, 5) is 3.71. The predicted molar refractivity (Wildman–Crippen MR) is 111 cm³/mol. The van der Waals surface area contributed by atoms with E-state index in [4.69, 9.17) is 0 Å². The molecule has 4 rings (SSSR count). The second-order valence-corrected chi connectivity index (χ2v) is 7.66. The lowest BCUT2D eigenvalue weighted by Crippen LogP contribution is -2.48. The van der Waals surface area contributed by atoms with Gasteiger partial charge in [0.25, 0.3) is 0 Å². The number of halogens is 7. The highest BCUT2D eigenvalue weighted by molar-refractivity contribution is 5.63. The molecule has 1 N–H and O–H groups in total. The first-order valence-corrected chi connectivity index (χ1v) is 10.1. The molecule has 0 aliphatic heterocycles. The normalized spacial score (nSPS) is 13.9. The van der Waals surface area contributed by atoms with Gasteiger partial charge in [0.05, 0.1) is 12.7 Å². The van der Waals surface area contributed by atoms with Gasteiger partial charge in [0, 0.05) is 29.6 Å². The van der Waals surface area contributed by atoms with Crippen LogP contribution in [0.3, 0.4) is 0 Å². The number of hydrogen-bond acceptors (Lipinski definition) is 5. The summed E-state index contributed by atoms with van der Waals surface area (Å²) in [6.45, 7) is -0.952. The van der Waals surface area contributed by atoms with Gasteiger partial charge >= 0.3 is 12.3 Å². The minimum absolute atomic E-state index is 0.265. The Morgan fingerprint density at radius 2 is 1.58 bits per heavy atom. The van der Waals surface area contributed by atoms with Gasteiger partial charge in [-0.3, -0.25) is 4.98 Å². The van der Waals surface area contributed by atoms with Gasteiger partial charge in [-0.25, -0.2) is 13.5 Å². The molecule has 0 bridgehead atoms. The monoisotopic (exact) mass is 512 g/mol. The summed E-state index contributed by atoms with van der Waals surface area (Å²) in [6, 6.07) is 8.49. The van der Waals surface area contributed by atoms with E-state index in [9.17, 15) is 27.1 Å². The second kappa shape index (κ2) is 9.22. The number of pyridine rings is 1. The summed E-state index contributed by atoms with van der Waals surface area (Å²) in [5.74, 6) is -7.13. The van der Waals surface area contributed by atoms with Gasteiger partial charge in [-0.1, -0.05) is 23.4 Å². The molecular weight excluding hydrogens is 497 g/mol. The molecule has 0 saturated heterocycles. The summed E-state index contributed by atoms with van der Waals surface area (Å²) >= 11 is 0. The van der Waals surface area contributed by atoms with Crippen LogP contribution in [-0.4, -0.2) is 31.4 Å². The van der Waals surface area contributed by atoms with Crippen LogP contribution in [0.15, 0.2) is 73.2 Å². The van der Waals surface area contributed by atoms with Gasteiger partial charge in [0.2, 0.25) is 0 Å². The smallest absolute Gasteiger partial charge is 0.406 e. The van der Waals surface area contributed by atoms with Crippen molar-refractivity contribution in [1.82, 2.24) is 20.0 Å². The second-order valence-electron chi connectivity index (χ2n) is 7.66. The summed E-state index contributed by atoms with van der Waals surface area (Å²) in [5, 5.41) is 18.2. The first kappa shape index (κ1) is 25.1. The number of alkyl halides is 5. The van der Waals surface area contributed by atoms with E-state index in [-0.39, 0.29) is 5.56 Å². The Kier molecular flexibility index (Phi) is 6.43. The van der Waals surface area contributed by atoms with Crippen molar-refractivity contribution >= 4 is 0 Å². The number of aromatic nitrogens is 4. The van der Waals surface area contributed by atoms with Crippen molar-refractivity contribution in [2.75, 3.05) is 0 Å². The highest BCUT2D eigenvalue weighted by Gasteiger charge is 2.57. The Morgan fingerprint density at radius 3 is 2.14 bits per heavy atom. The topological polar surface area (TPSA) is 73.1 Å². The molecule has 0 saturated carbocycles. The van der Waals surface area contributed by atoms with Crippen LogP contribution in [0, 0.1) is 11.6 Å². The van der Waals surface area contributed by atoms with E-state index >= 15 is 8.78 Å². The van der Waals surface area contributed by atoms with Crippen molar-refractivity contribution < 1.29 is 40.6 Å². The third-order valence-corrected chi connectivity index (χ3v) is 5.27. The summed E-state index contributed by atoms with van der Waals surface area (Å²) in [6.07, 6.45) is -1.52. The molecule has 2 aromatic carbocycles. The molecule has 4 aromatic rings. The average molecular weight is 512 g/mol. The maximum absolute atomic E-state index is 15.7. The zero-order valence-electron chi connectivity index (χ0n) is 17.9. The van der Waals surface area contributed by atoms with E-state index in [1.54, 1.807) is 0 Å². The van der Waals surface area contributed by atoms with E-state index in [1.165, 1.54) is 24.4 Å². The lowest BCUT2D eigenvalue weighted by molar-refractivity contribution is -0.274. The van der Waals surface area contributed by atoms with Crippen LogP contribution in [0.25, 0.3) is 11.1 Å². The molecule has 0 fully saturated rings. The van der Waals surface area contributed by atoms with Gasteiger partial charge in [-0.2, -0.15) is 8.78 Å². The zero-order valence-corrected chi connectivity index (χ0v) is 17.9. The Balaban J connectivity index is 1.69. The van der Waals surface area contributed by atoms with Crippen LogP contribution in [-0.2, 0) is 18.1 Å².